The number of nitrogens with two attached hydrogens (primary N) is 1. The molecule has 2 rings (SSSR count). The van der Waals surface area contributed by atoms with E-state index in [1.165, 1.54) is 12.8 Å². The minimum Gasteiger partial charge on any atom is -0.379 e. The second-order valence-corrected chi connectivity index (χ2v) is 5.06. The first-order valence-electron chi connectivity index (χ1n) is 6.66. The van der Waals surface area contributed by atoms with Gasteiger partial charge in [-0.1, -0.05) is 6.07 Å². The largest absolute Gasteiger partial charge is 0.379 e. The van der Waals surface area contributed by atoms with E-state index in [0.29, 0.717) is 6.54 Å². The van der Waals surface area contributed by atoms with Gasteiger partial charge in [-0.15, -0.1) is 0 Å². The van der Waals surface area contributed by atoms with Gasteiger partial charge < -0.3 is 15.4 Å². The standard InChI is InChI=1S/C14H23N3O/c1-11-13(9-15)5-6-14(16-11)17(2)7-8-18-10-12-3-4-12/h5-6,12H,3-4,7-10,15H2,1-2H3. The van der Waals surface area contributed by atoms with Gasteiger partial charge in [0.05, 0.1) is 6.61 Å². The Morgan fingerprint density at radius 3 is 2.83 bits per heavy atom. The first-order valence-corrected chi connectivity index (χ1v) is 6.66. The molecule has 1 aromatic rings. The van der Waals surface area contributed by atoms with Crippen molar-refractivity contribution in [1.29, 1.82) is 0 Å². The highest BCUT2D eigenvalue weighted by molar-refractivity contribution is 5.40. The molecule has 0 amide bonds. The summed E-state index contributed by atoms with van der Waals surface area (Å²) < 4.78 is 5.64. The lowest BCUT2D eigenvalue weighted by Crippen LogP contribution is -2.24. The number of anilines is 1. The van der Waals surface area contributed by atoms with Gasteiger partial charge in [0, 0.05) is 32.4 Å². The van der Waals surface area contributed by atoms with Crippen LogP contribution in [0.2, 0.25) is 0 Å². The van der Waals surface area contributed by atoms with Crippen LogP contribution in [0.25, 0.3) is 0 Å². The lowest BCUT2D eigenvalue weighted by molar-refractivity contribution is 0.131. The molecule has 0 radical (unpaired) electrons. The summed E-state index contributed by atoms with van der Waals surface area (Å²) in [5.41, 5.74) is 7.76. The second-order valence-electron chi connectivity index (χ2n) is 5.06. The highest BCUT2D eigenvalue weighted by Gasteiger charge is 2.20. The molecule has 0 aliphatic heterocycles. The van der Waals surface area contributed by atoms with E-state index in [1.807, 2.05) is 20.0 Å². The maximum absolute atomic E-state index is 5.64. The van der Waals surface area contributed by atoms with Gasteiger partial charge in [-0.05, 0) is 37.3 Å². The van der Waals surface area contributed by atoms with Gasteiger partial charge >= 0.3 is 0 Å². The van der Waals surface area contributed by atoms with Crippen molar-refractivity contribution in [2.75, 3.05) is 31.7 Å². The number of nitrogens with zero attached hydrogens (tertiary/aromatic N) is 2. The Hall–Kier alpha value is -1.13. The number of hydrogen-bond acceptors (Lipinski definition) is 4. The van der Waals surface area contributed by atoms with E-state index in [-0.39, 0.29) is 0 Å². The Kier molecular flexibility index (Phi) is 4.55. The number of rotatable bonds is 7. The molecule has 1 fully saturated rings. The van der Waals surface area contributed by atoms with Gasteiger partial charge in [0.1, 0.15) is 5.82 Å². The molecule has 1 aliphatic carbocycles. The molecule has 0 bridgehead atoms. The van der Waals surface area contributed by atoms with Crippen molar-refractivity contribution in [1.82, 2.24) is 4.98 Å². The first-order chi connectivity index (χ1) is 8.70. The monoisotopic (exact) mass is 249 g/mol. The van der Waals surface area contributed by atoms with E-state index in [4.69, 9.17) is 10.5 Å². The van der Waals surface area contributed by atoms with Crippen molar-refractivity contribution in [2.24, 2.45) is 11.7 Å². The van der Waals surface area contributed by atoms with Crippen molar-refractivity contribution >= 4 is 5.82 Å². The van der Waals surface area contributed by atoms with Crippen LogP contribution in [0.3, 0.4) is 0 Å². The van der Waals surface area contributed by atoms with Gasteiger partial charge in [-0.25, -0.2) is 4.98 Å². The number of ether oxygens (including phenoxy) is 1. The zero-order valence-electron chi connectivity index (χ0n) is 11.4. The number of pyridine rings is 1. The van der Waals surface area contributed by atoms with Crippen molar-refractivity contribution in [3.05, 3.63) is 23.4 Å². The van der Waals surface area contributed by atoms with E-state index in [2.05, 4.69) is 16.0 Å². The predicted octanol–water partition coefficient (Wildman–Crippen LogP) is 1.71. The fraction of sp³-hybridized carbons (Fsp3) is 0.643. The molecular weight excluding hydrogens is 226 g/mol. The average molecular weight is 249 g/mol. The Morgan fingerprint density at radius 1 is 1.44 bits per heavy atom. The van der Waals surface area contributed by atoms with Crippen molar-refractivity contribution < 1.29 is 4.74 Å². The number of aromatic nitrogens is 1. The molecule has 1 aliphatic rings. The van der Waals surface area contributed by atoms with E-state index in [1.54, 1.807) is 0 Å². The van der Waals surface area contributed by atoms with Crippen LogP contribution in [0.1, 0.15) is 24.1 Å². The van der Waals surface area contributed by atoms with Gasteiger partial charge in [-0.2, -0.15) is 0 Å². The van der Waals surface area contributed by atoms with Crippen LogP contribution in [-0.4, -0.2) is 31.8 Å². The topological polar surface area (TPSA) is 51.4 Å². The van der Waals surface area contributed by atoms with Crippen LogP contribution in [0.5, 0.6) is 0 Å². The number of aryl methyl sites for hydroxylation is 1. The summed E-state index contributed by atoms with van der Waals surface area (Å²) in [6.45, 7) is 5.12. The van der Waals surface area contributed by atoms with Crippen LogP contribution in [-0.2, 0) is 11.3 Å². The third-order valence-electron chi connectivity index (χ3n) is 3.41. The molecule has 0 unspecified atom stereocenters. The normalized spacial score (nSPS) is 14.8. The molecule has 2 N–H and O–H groups in total. The molecule has 1 aromatic heterocycles. The summed E-state index contributed by atoms with van der Waals surface area (Å²) in [6.07, 6.45) is 2.69. The quantitative estimate of drug-likeness (QED) is 0.747. The number of hydrogen-bond donors (Lipinski definition) is 1. The molecule has 100 valence electrons. The van der Waals surface area contributed by atoms with E-state index in [9.17, 15) is 0 Å². The van der Waals surface area contributed by atoms with Crippen LogP contribution >= 0.6 is 0 Å². The summed E-state index contributed by atoms with van der Waals surface area (Å²) in [6, 6.07) is 4.08. The van der Waals surface area contributed by atoms with Crippen molar-refractivity contribution in [3.8, 4) is 0 Å². The molecule has 0 aromatic carbocycles. The lowest BCUT2D eigenvalue weighted by atomic mass is 10.2. The zero-order valence-corrected chi connectivity index (χ0v) is 11.4. The molecular formula is C14H23N3O. The predicted molar refractivity (Wildman–Crippen MR) is 73.7 cm³/mol. The van der Waals surface area contributed by atoms with E-state index in [0.717, 1.165) is 42.8 Å². The molecule has 0 saturated heterocycles. The maximum atomic E-state index is 5.64. The Morgan fingerprint density at radius 2 is 2.22 bits per heavy atom. The highest BCUT2D eigenvalue weighted by atomic mass is 16.5. The van der Waals surface area contributed by atoms with Gasteiger partial charge in [0.25, 0.3) is 0 Å². The Balaban J connectivity index is 1.79. The third kappa shape index (κ3) is 3.68. The summed E-state index contributed by atoms with van der Waals surface area (Å²) in [5, 5.41) is 0. The van der Waals surface area contributed by atoms with Crippen LogP contribution in [0.4, 0.5) is 5.82 Å². The second kappa shape index (κ2) is 6.16. The van der Waals surface area contributed by atoms with Gasteiger partial charge in [-0.3, -0.25) is 0 Å². The molecule has 0 spiro atoms. The average Bonchev–Trinajstić information content (AvgIpc) is 3.18. The summed E-state index contributed by atoms with van der Waals surface area (Å²) in [7, 11) is 2.05. The van der Waals surface area contributed by atoms with Crippen LogP contribution in [0, 0.1) is 12.8 Å². The molecule has 4 nitrogen and oxygen atoms in total. The molecule has 1 heterocycles. The van der Waals surface area contributed by atoms with Gasteiger partial charge in [0.15, 0.2) is 0 Å². The summed E-state index contributed by atoms with van der Waals surface area (Å²) >= 11 is 0. The molecule has 4 heteroatoms. The minimum atomic E-state index is 0.549. The summed E-state index contributed by atoms with van der Waals surface area (Å²) in [5.74, 6) is 1.82. The first kappa shape index (κ1) is 13.3. The molecule has 1 saturated carbocycles. The van der Waals surface area contributed by atoms with E-state index >= 15 is 0 Å². The zero-order chi connectivity index (χ0) is 13.0. The Bertz CT molecular complexity index is 391. The van der Waals surface area contributed by atoms with Gasteiger partial charge in [0.2, 0.25) is 0 Å². The fourth-order valence-corrected chi connectivity index (χ4v) is 1.86. The third-order valence-corrected chi connectivity index (χ3v) is 3.41. The smallest absolute Gasteiger partial charge is 0.128 e. The maximum Gasteiger partial charge on any atom is 0.128 e. The van der Waals surface area contributed by atoms with Crippen LogP contribution < -0.4 is 10.6 Å². The highest BCUT2D eigenvalue weighted by Crippen LogP contribution is 2.28. The van der Waals surface area contributed by atoms with E-state index < -0.39 is 0 Å². The fourth-order valence-electron chi connectivity index (χ4n) is 1.86. The summed E-state index contributed by atoms with van der Waals surface area (Å²) in [4.78, 5) is 6.69. The van der Waals surface area contributed by atoms with Crippen molar-refractivity contribution in [2.45, 2.75) is 26.3 Å². The Labute approximate surface area is 109 Å². The SMILES string of the molecule is Cc1nc(N(C)CCOCC2CC2)ccc1CN. The molecule has 18 heavy (non-hydrogen) atoms. The lowest BCUT2D eigenvalue weighted by Gasteiger charge is -2.19. The van der Waals surface area contributed by atoms with Crippen molar-refractivity contribution in [3.63, 3.8) is 0 Å². The number of likely N-dealkylation sites (N-methyl/N-ethyl adjacent to an activating group) is 1. The van der Waals surface area contributed by atoms with Crippen LogP contribution in [0.15, 0.2) is 12.1 Å². The molecule has 0 atom stereocenters. The minimum absolute atomic E-state index is 0.549.